The van der Waals surface area contributed by atoms with Gasteiger partial charge in [-0.05, 0) is 79.0 Å². The largest absolute Gasteiger partial charge is 0.514 e. The third-order valence-electron chi connectivity index (χ3n) is 7.64. The van der Waals surface area contributed by atoms with Gasteiger partial charge in [0.05, 0.1) is 0 Å². The van der Waals surface area contributed by atoms with Crippen molar-refractivity contribution in [2.45, 2.75) is 110 Å². The van der Waals surface area contributed by atoms with Crippen LogP contribution >= 0.6 is 63.7 Å². The molecule has 0 saturated heterocycles. The van der Waals surface area contributed by atoms with Gasteiger partial charge in [-0.3, -0.25) is 0 Å². The van der Waals surface area contributed by atoms with E-state index in [-0.39, 0.29) is 10.8 Å². The van der Waals surface area contributed by atoms with E-state index in [4.69, 9.17) is 9.47 Å². The first-order chi connectivity index (χ1) is 17.2. The molecule has 0 radical (unpaired) electrons. The molecule has 0 aliphatic heterocycles. The quantitative estimate of drug-likeness (QED) is 0.169. The highest BCUT2D eigenvalue weighted by Crippen LogP contribution is 2.48. The van der Waals surface area contributed by atoms with Crippen LogP contribution in [0, 0.1) is 0 Å². The number of carbonyl (C=O) groups excluding carboxylic acids is 1. The second kappa shape index (κ2) is 13.3. The lowest BCUT2D eigenvalue weighted by molar-refractivity contribution is -0.0106. The molecule has 0 amide bonds. The molecular weight excluding hydrogens is 728 g/mol. The minimum Gasteiger partial charge on any atom is -0.428 e. The number of halogens is 4. The maximum absolute atomic E-state index is 12.6. The van der Waals surface area contributed by atoms with Crippen LogP contribution in [0.5, 0.6) is 5.75 Å². The first-order valence-electron chi connectivity index (χ1n) is 13.1. The summed E-state index contributed by atoms with van der Waals surface area (Å²) in [4.78, 5) is 12.6. The first-order valence-corrected chi connectivity index (χ1v) is 16.3. The molecule has 2 atom stereocenters. The van der Waals surface area contributed by atoms with Gasteiger partial charge in [-0.25, -0.2) is 4.79 Å². The summed E-state index contributed by atoms with van der Waals surface area (Å²) < 4.78 is 15.1. The Morgan fingerprint density at radius 3 is 1.59 bits per heavy atom. The van der Waals surface area contributed by atoms with E-state index in [0.29, 0.717) is 5.75 Å². The number of benzene rings is 2. The van der Waals surface area contributed by atoms with Crippen LogP contribution in [-0.2, 0) is 15.6 Å². The molecule has 2 unspecified atom stereocenters. The SMILES string of the molecule is CCCC(C)(CC)OC(=O)Oc1cc(Br)c(C(C)(C)c2c(Br)cc(C(C)(CC)CCC)cc2Br)c(Br)c1. The summed E-state index contributed by atoms with van der Waals surface area (Å²) in [6.07, 6.45) is 5.13. The Kier molecular flexibility index (Phi) is 11.8. The molecule has 0 aromatic heterocycles. The normalized spacial score (nSPS) is 15.1. The predicted molar refractivity (Wildman–Crippen MR) is 169 cm³/mol. The summed E-state index contributed by atoms with van der Waals surface area (Å²) in [7, 11) is 0. The van der Waals surface area contributed by atoms with E-state index < -0.39 is 11.8 Å². The van der Waals surface area contributed by atoms with Gasteiger partial charge in [0, 0.05) is 23.3 Å². The van der Waals surface area contributed by atoms with Crippen LogP contribution in [0.25, 0.3) is 0 Å². The summed E-state index contributed by atoms with van der Waals surface area (Å²) >= 11 is 15.3. The molecule has 0 heterocycles. The monoisotopic (exact) mass is 764 g/mol. The van der Waals surface area contributed by atoms with Gasteiger partial charge in [-0.2, -0.15) is 0 Å². The Morgan fingerprint density at radius 1 is 0.730 bits per heavy atom. The highest BCUT2D eigenvalue weighted by molar-refractivity contribution is 9.11. The molecule has 2 rings (SSSR count). The minimum absolute atomic E-state index is 0.127. The molecule has 0 fully saturated rings. The van der Waals surface area contributed by atoms with Gasteiger partial charge in [-0.1, -0.05) is 125 Å². The van der Waals surface area contributed by atoms with Crippen molar-refractivity contribution in [2.75, 3.05) is 0 Å². The van der Waals surface area contributed by atoms with Crippen LogP contribution in [0.15, 0.2) is 42.2 Å². The van der Waals surface area contributed by atoms with Crippen molar-refractivity contribution >= 4 is 69.9 Å². The molecule has 0 aliphatic carbocycles. The Balaban J connectivity index is 2.44. The molecule has 0 saturated carbocycles. The van der Waals surface area contributed by atoms with Gasteiger partial charge < -0.3 is 9.47 Å². The highest BCUT2D eigenvalue weighted by atomic mass is 79.9. The fourth-order valence-corrected chi connectivity index (χ4v) is 9.39. The number of rotatable bonds is 11. The third kappa shape index (κ3) is 7.64. The summed E-state index contributed by atoms with van der Waals surface area (Å²) in [5.41, 5.74) is 2.75. The van der Waals surface area contributed by atoms with Crippen molar-refractivity contribution in [1.82, 2.24) is 0 Å². The average Bonchev–Trinajstić information content (AvgIpc) is 2.77. The Hall–Kier alpha value is -0.370. The summed E-state index contributed by atoms with van der Waals surface area (Å²) in [6.45, 7) is 17.3. The molecule has 0 spiro atoms. The number of hydrogen-bond acceptors (Lipinski definition) is 3. The van der Waals surface area contributed by atoms with Crippen LogP contribution in [0.4, 0.5) is 4.79 Å². The van der Waals surface area contributed by atoms with Gasteiger partial charge in [0.2, 0.25) is 0 Å². The predicted octanol–water partition coefficient (Wildman–Crippen LogP) is 12.0. The minimum atomic E-state index is -0.684. The van der Waals surface area contributed by atoms with Gasteiger partial charge in [0.15, 0.2) is 0 Å². The summed E-state index contributed by atoms with van der Waals surface area (Å²) in [5.74, 6) is 0.421. The van der Waals surface area contributed by atoms with Crippen molar-refractivity contribution in [1.29, 1.82) is 0 Å². The van der Waals surface area contributed by atoms with E-state index in [1.54, 1.807) is 0 Å². The van der Waals surface area contributed by atoms with Crippen LogP contribution in [0.3, 0.4) is 0 Å². The van der Waals surface area contributed by atoms with Gasteiger partial charge in [0.25, 0.3) is 0 Å². The van der Waals surface area contributed by atoms with Crippen LogP contribution < -0.4 is 4.74 Å². The summed E-state index contributed by atoms with van der Waals surface area (Å²) in [5, 5.41) is 0. The lowest BCUT2D eigenvalue weighted by Crippen LogP contribution is -2.32. The molecule has 2 aromatic carbocycles. The zero-order valence-corrected chi connectivity index (χ0v) is 29.6. The van der Waals surface area contributed by atoms with Crippen LogP contribution in [-0.4, -0.2) is 11.8 Å². The maximum Gasteiger partial charge on any atom is 0.514 e. The fourth-order valence-electron chi connectivity index (χ4n) is 5.07. The topological polar surface area (TPSA) is 35.5 Å². The lowest BCUT2D eigenvalue weighted by Gasteiger charge is -2.34. The van der Waals surface area contributed by atoms with E-state index in [2.05, 4.69) is 117 Å². The van der Waals surface area contributed by atoms with E-state index >= 15 is 0 Å². The van der Waals surface area contributed by atoms with E-state index in [1.807, 2.05) is 26.0 Å². The molecule has 3 nitrogen and oxygen atoms in total. The van der Waals surface area contributed by atoms with Crippen molar-refractivity contribution in [2.24, 2.45) is 0 Å². The van der Waals surface area contributed by atoms with Crippen molar-refractivity contribution in [3.05, 3.63) is 58.8 Å². The molecule has 0 aliphatic rings. The smallest absolute Gasteiger partial charge is 0.428 e. The molecule has 0 N–H and O–H groups in total. The molecular formula is C30H40Br4O3. The standard InChI is InChI=1S/C30H40Br4O3/c1-9-13-29(7,11-3)19-15-21(31)25(22(32)16-19)28(5,6)26-23(33)17-20(18-24(26)34)36-27(35)37-30(8,12-4)14-10-2/h15-18H,9-14H2,1-8H3. The summed E-state index contributed by atoms with van der Waals surface area (Å²) in [6, 6.07) is 8.21. The van der Waals surface area contributed by atoms with Crippen molar-refractivity contribution < 1.29 is 14.3 Å². The fraction of sp³-hybridized carbons (Fsp3) is 0.567. The maximum atomic E-state index is 12.6. The third-order valence-corrected chi connectivity index (χ3v) is 10.1. The van der Waals surface area contributed by atoms with Gasteiger partial charge >= 0.3 is 6.16 Å². The zero-order valence-electron chi connectivity index (χ0n) is 23.3. The Labute approximate surface area is 257 Å². The van der Waals surface area contributed by atoms with Crippen LogP contribution in [0.2, 0.25) is 0 Å². The lowest BCUT2D eigenvalue weighted by atomic mass is 9.74. The number of hydrogen-bond donors (Lipinski definition) is 0. The van der Waals surface area contributed by atoms with E-state index in [1.165, 1.54) is 5.56 Å². The highest BCUT2D eigenvalue weighted by Gasteiger charge is 2.34. The Morgan fingerprint density at radius 2 is 1.19 bits per heavy atom. The van der Waals surface area contributed by atoms with E-state index in [9.17, 15) is 4.79 Å². The van der Waals surface area contributed by atoms with E-state index in [0.717, 1.165) is 67.5 Å². The zero-order chi connectivity index (χ0) is 28.2. The van der Waals surface area contributed by atoms with Crippen LogP contribution in [0.1, 0.15) is 111 Å². The molecule has 37 heavy (non-hydrogen) atoms. The average molecular weight is 768 g/mol. The van der Waals surface area contributed by atoms with Gasteiger partial charge in [-0.15, -0.1) is 0 Å². The van der Waals surface area contributed by atoms with Gasteiger partial charge in [0.1, 0.15) is 11.4 Å². The molecule has 0 bridgehead atoms. The molecule has 206 valence electrons. The Bertz CT molecular complexity index is 1070. The first kappa shape index (κ1) is 32.8. The number of carbonyl (C=O) groups is 1. The number of ether oxygens (including phenoxy) is 2. The second-order valence-electron chi connectivity index (χ2n) is 10.9. The van der Waals surface area contributed by atoms with Crippen molar-refractivity contribution in [3.63, 3.8) is 0 Å². The molecule has 2 aromatic rings. The second-order valence-corrected chi connectivity index (χ2v) is 14.3. The van der Waals surface area contributed by atoms with Crippen molar-refractivity contribution in [3.8, 4) is 5.75 Å². The molecule has 7 heteroatoms.